The topological polar surface area (TPSA) is 92.8 Å². The standard InChI is InChI=1S/C22H24N2O5S3/c1-21(2)14-5-6-22(21,18(25)11-14)12-32(27,28)24-7-8-29-16-4-3-13(9-15(16)24)10-17-19(26)23-20(30)31-17/h3-4,9-10,14H,5-8,11-12H2,1-2H3,(H,23,26,30). The first-order valence-corrected chi connectivity index (χ1v) is 13.4. The monoisotopic (exact) mass is 492 g/mol. The van der Waals surface area contributed by atoms with Gasteiger partial charge in [0.25, 0.3) is 5.91 Å². The minimum absolute atomic E-state index is 0.0783. The number of carbonyl (C=O) groups excluding carboxylic acids is 2. The van der Waals surface area contributed by atoms with Crippen molar-refractivity contribution < 1.29 is 22.7 Å². The lowest BCUT2D eigenvalue weighted by atomic mass is 9.70. The number of sulfonamides is 1. The second-order valence-corrected chi connectivity index (χ2v) is 13.0. The number of ketones is 1. The zero-order chi connectivity index (χ0) is 22.9. The van der Waals surface area contributed by atoms with Gasteiger partial charge in [-0.05, 0) is 47.9 Å². The smallest absolute Gasteiger partial charge is 0.263 e. The summed E-state index contributed by atoms with van der Waals surface area (Å²) < 4.78 is 34.9. The van der Waals surface area contributed by atoms with E-state index in [9.17, 15) is 18.0 Å². The summed E-state index contributed by atoms with van der Waals surface area (Å²) in [6.45, 7) is 4.50. The van der Waals surface area contributed by atoms with Crippen molar-refractivity contribution in [3.63, 3.8) is 0 Å². The SMILES string of the molecule is CC1(C)C2CCC1(CS(=O)(=O)N1CCOc3ccc(C=C4SC(=S)NC4=O)cc31)C(=O)C2. The van der Waals surface area contributed by atoms with Gasteiger partial charge in [0.1, 0.15) is 22.5 Å². The number of nitrogens with one attached hydrogen (secondary N) is 1. The van der Waals surface area contributed by atoms with Crippen LogP contribution in [0.1, 0.15) is 38.7 Å². The van der Waals surface area contributed by atoms with Gasteiger partial charge >= 0.3 is 0 Å². The molecule has 32 heavy (non-hydrogen) atoms. The second kappa shape index (κ2) is 7.30. The van der Waals surface area contributed by atoms with Crippen molar-refractivity contribution >= 4 is 61.8 Å². The van der Waals surface area contributed by atoms with Crippen molar-refractivity contribution in [2.45, 2.75) is 33.1 Å². The number of ether oxygens (including phenoxy) is 1. The number of nitrogens with zero attached hydrogens (tertiary/aromatic N) is 1. The zero-order valence-electron chi connectivity index (χ0n) is 17.8. The first-order valence-electron chi connectivity index (χ1n) is 10.6. The van der Waals surface area contributed by atoms with Crippen LogP contribution in [-0.4, -0.2) is 43.3 Å². The van der Waals surface area contributed by atoms with Crippen molar-refractivity contribution in [1.29, 1.82) is 0 Å². The van der Waals surface area contributed by atoms with E-state index in [0.717, 1.165) is 6.42 Å². The van der Waals surface area contributed by atoms with Gasteiger partial charge in [0.05, 0.1) is 28.3 Å². The molecule has 7 nitrogen and oxygen atoms in total. The van der Waals surface area contributed by atoms with Crippen molar-refractivity contribution in [2.24, 2.45) is 16.7 Å². The van der Waals surface area contributed by atoms with Crippen molar-refractivity contribution in [3.8, 4) is 5.75 Å². The predicted molar refractivity (Wildman–Crippen MR) is 128 cm³/mol. The Labute approximate surface area is 197 Å². The predicted octanol–water partition coefficient (Wildman–Crippen LogP) is 3.10. The fraction of sp³-hybridized carbons (Fsp3) is 0.500. The van der Waals surface area contributed by atoms with Crippen LogP contribution in [0.4, 0.5) is 5.69 Å². The maximum atomic E-state index is 13.7. The van der Waals surface area contributed by atoms with Gasteiger partial charge in [0, 0.05) is 6.42 Å². The Morgan fingerprint density at radius 2 is 2.12 bits per heavy atom. The van der Waals surface area contributed by atoms with Crippen LogP contribution in [0.2, 0.25) is 0 Å². The second-order valence-electron chi connectivity index (χ2n) is 9.42. The molecule has 170 valence electrons. The summed E-state index contributed by atoms with van der Waals surface area (Å²) in [5.74, 6) is 0.353. The molecule has 2 bridgehead atoms. The third-order valence-corrected chi connectivity index (χ3v) is 10.7. The van der Waals surface area contributed by atoms with Crippen LogP contribution in [-0.2, 0) is 19.6 Å². The number of rotatable bonds is 4. The van der Waals surface area contributed by atoms with E-state index in [1.54, 1.807) is 24.3 Å². The van der Waals surface area contributed by atoms with Crippen LogP contribution in [0.25, 0.3) is 6.08 Å². The lowest BCUT2D eigenvalue weighted by Crippen LogP contribution is -2.48. The molecular formula is C22H24N2O5S3. The highest BCUT2D eigenvalue weighted by Crippen LogP contribution is 2.64. The van der Waals surface area contributed by atoms with Gasteiger partial charge < -0.3 is 10.1 Å². The number of thiocarbonyl (C=S) groups is 1. The third kappa shape index (κ3) is 3.21. The van der Waals surface area contributed by atoms with Crippen LogP contribution in [0.5, 0.6) is 5.75 Å². The highest BCUT2D eigenvalue weighted by molar-refractivity contribution is 8.26. The normalized spacial score (nSPS) is 29.9. The van der Waals surface area contributed by atoms with E-state index in [1.807, 2.05) is 13.8 Å². The summed E-state index contributed by atoms with van der Waals surface area (Å²) in [5, 5.41) is 2.57. The molecule has 1 amide bonds. The van der Waals surface area contributed by atoms with E-state index in [-0.39, 0.29) is 41.9 Å². The maximum absolute atomic E-state index is 13.7. The van der Waals surface area contributed by atoms with Crippen molar-refractivity contribution in [3.05, 3.63) is 28.7 Å². The molecule has 5 rings (SSSR count). The average Bonchev–Trinajstić information content (AvgIpc) is 3.23. The van der Waals surface area contributed by atoms with Gasteiger partial charge in [-0.2, -0.15) is 0 Å². The number of fused-ring (bicyclic) bond motifs is 3. The van der Waals surface area contributed by atoms with Gasteiger partial charge in [-0.3, -0.25) is 13.9 Å². The summed E-state index contributed by atoms with van der Waals surface area (Å²) in [6, 6.07) is 5.21. The number of Topliss-reactive ketones (excluding diaryl/α,β-unsaturated/α-hetero) is 1. The highest BCUT2D eigenvalue weighted by atomic mass is 32.2. The molecular weight excluding hydrogens is 468 g/mol. The van der Waals surface area contributed by atoms with Crippen LogP contribution < -0.4 is 14.4 Å². The first kappa shape index (κ1) is 21.9. The number of benzene rings is 1. The summed E-state index contributed by atoms with van der Waals surface area (Å²) >= 11 is 6.20. The molecule has 4 aliphatic rings. The molecule has 1 aromatic rings. The molecule has 2 aliphatic carbocycles. The van der Waals surface area contributed by atoms with Gasteiger partial charge in [0.2, 0.25) is 10.0 Å². The Balaban J connectivity index is 1.50. The fourth-order valence-electron chi connectivity index (χ4n) is 5.66. The van der Waals surface area contributed by atoms with Crippen LogP contribution >= 0.6 is 24.0 Å². The van der Waals surface area contributed by atoms with Gasteiger partial charge in [-0.25, -0.2) is 8.42 Å². The third-order valence-electron chi connectivity index (χ3n) is 7.65. The van der Waals surface area contributed by atoms with Crippen LogP contribution in [0.15, 0.2) is 23.1 Å². The summed E-state index contributed by atoms with van der Waals surface area (Å²) in [5.41, 5.74) is -0.0497. The lowest BCUT2D eigenvalue weighted by molar-refractivity contribution is -0.128. The number of carbonyl (C=O) groups is 2. The zero-order valence-corrected chi connectivity index (χ0v) is 20.3. The first-order chi connectivity index (χ1) is 15.0. The minimum atomic E-state index is -3.79. The molecule has 3 fully saturated rings. The van der Waals surface area contributed by atoms with Crippen LogP contribution in [0, 0.1) is 16.7 Å². The van der Waals surface area contributed by atoms with E-state index in [1.165, 1.54) is 16.1 Å². The van der Waals surface area contributed by atoms with Crippen LogP contribution in [0.3, 0.4) is 0 Å². The number of anilines is 1. The van der Waals surface area contributed by atoms with Gasteiger partial charge in [-0.15, -0.1) is 0 Å². The molecule has 1 saturated heterocycles. The highest BCUT2D eigenvalue weighted by Gasteiger charge is 2.65. The molecule has 2 unspecified atom stereocenters. The quantitative estimate of drug-likeness (QED) is 0.510. The van der Waals surface area contributed by atoms with E-state index in [2.05, 4.69) is 5.32 Å². The van der Waals surface area contributed by atoms with Gasteiger partial charge in [-0.1, -0.05) is 43.9 Å². The number of amides is 1. The van der Waals surface area contributed by atoms with E-state index in [0.29, 0.717) is 39.1 Å². The molecule has 2 aliphatic heterocycles. The molecule has 2 heterocycles. The molecule has 1 N–H and O–H groups in total. The summed E-state index contributed by atoms with van der Waals surface area (Å²) in [4.78, 5) is 25.4. The van der Waals surface area contributed by atoms with Crippen molar-refractivity contribution in [2.75, 3.05) is 23.2 Å². The Morgan fingerprint density at radius 1 is 1.34 bits per heavy atom. The number of thioether (sulfide) groups is 1. The van der Waals surface area contributed by atoms with Crippen molar-refractivity contribution in [1.82, 2.24) is 5.32 Å². The molecule has 10 heteroatoms. The summed E-state index contributed by atoms with van der Waals surface area (Å²) in [7, 11) is -3.79. The Hall–Kier alpha value is -1.91. The van der Waals surface area contributed by atoms with Gasteiger partial charge in [0.15, 0.2) is 0 Å². The van der Waals surface area contributed by atoms with E-state index in [4.69, 9.17) is 17.0 Å². The fourth-order valence-corrected chi connectivity index (χ4v) is 8.95. The molecule has 0 aromatic heterocycles. The van der Waals surface area contributed by atoms with E-state index < -0.39 is 15.4 Å². The molecule has 0 radical (unpaired) electrons. The molecule has 0 spiro atoms. The van der Waals surface area contributed by atoms with E-state index >= 15 is 0 Å². The minimum Gasteiger partial charge on any atom is -0.489 e. The molecule has 2 atom stereocenters. The molecule has 2 saturated carbocycles. The largest absolute Gasteiger partial charge is 0.489 e. The molecule has 1 aromatic carbocycles. The lowest BCUT2D eigenvalue weighted by Gasteiger charge is -2.39. The number of hydrogen-bond acceptors (Lipinski definition) is 7. The maximum Gasteiger partial charge on any atom is 0.263 e. The Bertz CT molecular complexity index is 1190. The summed E-state index contributed by atoms with van der Waals surface area (Å²) in [6.07, 6.45) is 3.68. The average molecular weight is 493 g/mol. The number of hydrogen-bond donors (Lipinski definition) is 1. The Morgan fingerprint density at radius 3 is 2.75 bits per heavy atom. The Kier molecular flexibility index (Phi) is 5.00.